The first kappa shape index (κ1) is 24.6. The van der Waals surface area contributed by atoms with Gasteiger partial charge in [-0.15, -0.1) is 11.3 Å². The number of amides is 1. The fraction of sp³-hybridized carbons (Fsp3) is 0.261. The average Bonchev–Trinajstić information content (AvgIpc) is 3.27. The van der Waals surface area contributed by atoms with Gasteiger partial charge < -0.3 is 5.32 Å². The molecule has 1 unspecified atom stereocenters. The molecule has 0 saturated heterocycles. The Morgan fingerprint density at radius 2 is 1.76 bits per heavy atom. The first-order valence-electron chi connectivity index (χ1n) is 10.4. The Morgan fingerprint density at radius 1 is 1.06 bits per heavy atom. The van der Waals surface area contributed by atoms with Crippen LogP contribution in [-0.4, -0.2) is 29.6 Å². The highest BCUT2D eigenvalue weighted by Crippen LogP contribution is 2.24. The number of aryl methyl sites for hydroxylation is 1. The largest absolute Gasteiger partial charge is 0.357 e. The van der Waals surface area contributed by atoms with Gasteiger partial charge >= 0.3 is 10.3 Å². The molecule has 1 amide bonds. The first-order chi connectivity index (χ1) is 15.7. The minimum Gasteiger partial charge on any atom is -0.347 e. The predicted octanol–water partition coefficient (Wildman–Crippen LogP) is 3.98. The van der Waals surface area contributed by atoms with Crippen LogP contribution in [0.4, 0.5) is 5.69 Å². The van der Waals surface area contributed by atoms with Crippen molar-refractivity contribution in [3.8, 4) is 0 Å². The van der Waals surface area contributed by atoms with Gasteiger partial charge in [-0.25, -0.2) is 4.98 Å². The molecule has 0 aliphatic rings. The molecule has 1 atom stereocenters. The second-order valence-electron chi connectivity index (χ2n) is 7.42. The normalized spacial score (nSPS) is 12.2. The van der Waals surface area contributed by atoms with Gasteiger partial charge in [0.15, 0.2) is 5.78 Å². The summed E-state index contributed by atoms with van der Waals surface area (Å²) in [6.45, 7) is 2.00. The third-order valence-corrected chi connectivity index (χ3v) is 6.38. The van der Waals surface area contributed by atoms with Crippen molar-refractivity contribution >= 4 is 39.0 Å². The van der Waals surface area contributed by atoms with E-state index >= 15 is 0 Å². The SMILES string of the molecule is CCc1csc(C(Cc2ccc(NS(=O)(=O)O)cc2)NC(=O)CCC(=O)c2ccccc2)n1. The van der Waals surface area contributed by atoms with Crippen molar-refractivity contribution in [3.05, 3.63) is 81.8 Å². The Morgan fingerprint density at radius 3 is 2.36 bits per heavy atom. The first-order valence-corrected chi connectivity index (χ1v) is 12.7. The zero-order valence-electron chi connectivity index (χ0n) is 18.0. The number of hydrogen-bond donors (Lipinski definition) is 3. The molecule has 2 aromatic carbocycles. The Kier molecular flexibility index (Phi) is 8.32. The molecule has 8 nitrogen and oxygen atoms in total. The zero-order chi connectivity index (χ0) is 23.8. The van der Waals surface area contributed by atoms with E-state index < -0.39 is 16.3 Å². The summed E-state index contributed by atoms with van der Waals surface area (Å²) in [7, 11) is -4.35. The number of thiazole rings is 1. The molecule has 33 heavy (non-hydrogen) atoms. The predicted molar refractivity (Wildman–Crippen MR) is 128 cm³/mol. The quantitative estimate of drug-likeness (QED) is 0.277. The fourth-order valence-electron chi connectivity index (χ4n) is 3.20. The number of nitrogens with one attached hydrogen (secondary N) is 2. The van der Waals surface area contributed by atoms with Crippen LogP contribution in [0.25, 0.3) is 0 Å². The number of rotatable bonds is 11. The van der Waals surface area contributed by atoms with E-state index in [2.05, 4.69) is 10.3 Å². The molecule has 3 N–H and O–H groups in total. The number of hydrogen-bond acceptors (Lipinski definition) is 6. The number of carbonyl (C=O) groups is 2. The number of nitrogens with zero attached hydrogens (tertiary/aromatic N) is 1. The van der Waals surface area contributed by atoms with Crippen LogP contribution in [0.2, 0.25) is 0 Å². The van der Waals surface area contributed by atoms with Crippen LogP contribution in [0.1, 0.15) is 52.4 Å². The van der Waals surface area contributed by atoms with Crippen molar-refractivity contribution in [2.24, 2.45) is 0 Å². The molecule has 0 radical (unpaired) electrons. The van der Waals surface area contributed by atoms with Gasteiger partial charge in [0.1, 0.15) is 5.01 Å². The number of Topliss-reactive ketones (excluding diaryl/α,β-unsaturated/α-hetero) is 1. The fourth-order valence-corrected chi connectivity index (χ4v) is 4.59. The molecule has 3 rings (SSSR count). The van der Waals surface area contributed by atoms with Crippen molar-refractivity contribution in [1.29, 1.82) is 0 Å². The van der Waals surface area contributed by atoms with E-state index in [1.54, 1.807) is 36.4 Å². The number of anilines is 1. The van der Waals surface area contributed by atoms with Gasteiger partial charge in [-0.3, -0.25) is 18.9 Å². The van der Waals surface area contributed by atoms with Crippen LogP contribution in [0.5, 0.6) is 0 Å². The molecule has 0 aliphatic carbocycles. The van der Waals surface area contributed by atoms with Crippen LogP contribution >= 0.6 is 11.3 Å². The Labute approximate surface area is 197 Å². The summed E-state index contributed by atoms with van der Waals surface area (Å²) >= 11 is 1.46. The van der Waals surface area contributed by atoms with E-state index in [1.807, 2.05) is 23.1 Å². The second-order valence-corrected chi connectivity index (χ2v) is 9.46. The van der Waals surface area contributed by atoms with E-state index in [0.717, 1.165) is 22.7 Å². The lowest BCUT2D eigenvalue weighted by atomic mass is 10.0. The van der Waals surface area contributed by atoms with Crippen LogP contribution in [0.15, 0.2) is 60.0 Å². The lowest BCUT2D eigenvalue weighted by molar-refractivity contribution is -0.121. The zero-order valence-corrected chi connectivity index (χ0v) is 19.7. The summed E-state index contributed by atoms with van der Waals surface area (Å²) in [5.41, 5.74) is 2.58. The molecule has 0 aliphatic heterocycles. The van der Waals surface area contributed by atoms with Gasteiger partial charge in [-0.1, -0.05) is 49.4 Å². The molecular weight excluding hydrogens is 462 g/mol. The van der Waals surface area contributed by atoms with E-state index in [-0.39, 0.29) is 30.2 Å². The Hall–Kier alpha value is -3.08. The maximum Gasteiger partial charge on any atom is 0.357 e. The minimum atomic E-state index is -4.35. The maximum absolute atomic E-state index is 12.6. The molecule has 10 heteroatoms. The standard InChI is InChI=1S/C23H25N3O5S2/c1-2-18-15-32-23(24-18)20(14-16-8-10-19(11-9-16)26-33(29,30)31)25-22(28)13-12-21(27)17-6-4-3-5-7-17/h3-11,15,20,26H,2,12-14H2,1H3,(H,25,28)(H,29,30,31). The molecule has 3 aromatic rings. The highest BCUT2D eigenvalue weighted by Gasteiger charge is 2.20. The summed E-state index contributed by atoms with van der Waals surface area (Å²) in [5.74, 6) is -0.339. The molecule has 1 aromatic heterocycles. The second kappa shape index (κ2) is 11.2. The van der Waals surface area contributed by atoms with Crippen molar-refractivity contribution in [2.45, 2.75) is 38.6 Å². The number of benzene rings is 2. The lowest BCUT2D eigenvalue weighted by Crippen LogP contribution is -2.30. The van der Waals surface area contributed by atoms with E-state index in [4.69, 9.17) is 4.55 Å². The van der Waals surface area contributed by atoms with E-state index in [9.17, 15) is 18.0 Å². The van der Waals surface area contributed by atoms with Crippen molar-refractivity contribution in [1.82, 2.24) is 10.3 Å². The van der Waals surface area contributed by atoms with Crippen LogP contribution in [0, 0.1) is 0 Å². The lowest BCUT2D eigenvalue weighted by Gasteiger charge is -2.17. The highest BCUT2D eigenvalue weighted by molar-refractivity contribution is 7.87. The van der Waals surface area contributed by atoms with Gasteiger partial charge in [0, 0.05) is 23.8 Å². The van der Waals surface area contributed by atoms with Crippen LogP contribution in [-0.2, 0) is 27.9 Å². The topological polar surface area (TPSA) is 125 Å². The van der Waals surface area contributed by atoms with Crippen LogP contribution in [0.3, 0.4) is 0 Å². The monoisotopic (exact) mass is 487 g/mol. The number of carbonyl (C=O) groups excluding carboxylic acids is 2. The van der Waals surface area contributed by atoms with Gasteiger partial charge in [0.05, 0.1) is 17.4 Å². The van der Waals surface area contributed by atoms with Gasteiger partial charge in [0.25, 0.3) is 0 Å². The number of ketones is 1. The van der Waals surface area contributed by atoms with Crippen molar-refractivity contribution in [3.63, 3.8) is 0 Å². The Balaban J connectivity index is 1.68. The molecule has 0 spiro atoms. The molecular formula is C23H25N3O5S2. The maximum atomic E-state index is 12.6. The van der Waals surface area contributed by atoms with Gasteiger partial charge in [0.2, 0.25) is 5.91 Å². The molecule has 0 saturated carbocycles. The third kappa shape index (κ3) is 7.77. The van der Waals surface area contributed by atoms with Crippen molar-refractivity contribution in [2.75, 3.05) is 4.72 Å². The van der Waals surface area contributed by atoms with Crippen molar-refractivity contribution < 1.29 is 22.6 Å². The molecule has 0 fully saturated rings. The van der Waals surface area contributed by atoms with Gasteiger partial charge in [-0.05, 0) is 30.5 Å². The highest BCUT2D eigenvalue weighted by atomic mass is 32.2. The van der Waals surface area contributed by atoms with E-state index in [0.29, 0.717) is 12.0 Å². The summed E-state index contributed by atoms with van der Waals surface area (Å²) in [5, 5.41) is 5.69. The minimum absolute atomic E-state index is 0.0630. The molecule has 0 bridgehead atoms. The molecule has 1 heterocycles. The number of aromatic nitrogens is 1. The average molecular weight is 488 g/mol. The summed E-state index contributed by atoms with van der Waals surface area (Å²) in [6, 6.07) is 14.9. The summed E-state index contributed by atoms with van der Waals surface area (Å²) < 4.78 is 32.8. The summed E-state index contributed by atoms with van der Waals surface area (Å²) in [4.78, 5) is 29.6. The van der Waals surface area contributed by atoms with E-state index in [1.165, 1.54) is 23.5 Å². The van der Waals surface area contributed by atoms with Crippen LogP contribution < -0.4 is 10.0 Å². The summed E-state index contributed by atoms with van der Waals surface area (Å²) in [6.07, 6.45) is 1.38. The van der Waals surface area contributed by atoms with Gasteiger partial charge in [-0.2, -0.15) is 8.42 Å². The third-order valence-electron chi connectivity index (χ3n) is 4.88. The smallest absolute Gasteiger partial charge is 0.347 e. The molecule has 174 valence electrons. The Bertz CT molecular complexity index is 1190.